The van der Waals surface area contributed by atoms with Crippen molar-refractivity contribution in [3.63, 3.8) is 0 Å². The SMILES string of the molecule is CC(C)(OC(O)N1CCCC1O)C1CCCCC1. The number of aliphatic hydroxyl groups excluding tert-OH is 2. The van der Waals surface area contributed by atoms with Crippen LogP contribution in [-0.4, -0.2) is 39.9 Å². The second kappa shape index (κ2) is 5.87. The van der Waals surface area contributed by atoms with Crippen LogP contribution in [0.1, 0.15) is 58.8 Å². The van der Waals surface area contributed by atoms with Crippen LogP contribution < -0.4 is 0 Å². The standard InChI is InChI=1S/C14H27NO3/c1-14(2,11-7-4-3-5-8-11)18-13(17)15-10-6-9-12(15)16/h11-13,16-17H,3-10H2,1-2H3. The summed E-state index contributed by atoms with van der Waals surface area (Å²) in [6, 6.07) is 0. The molecular weight excluding hydrogens is 230 g/mol. The van der Waals surface area contributed by atoms with Gasteiger partial charge < -0.3 is 14.9 Å². The van der Waals surface area contributed by atoms with E-state index in [1.54, 1.807) is 4.90 Å². The van der Waals surface area contributed by atoms with Crippen LogP contribution in [0.4, 0.5) is 0 Å². The van der Waals surface area contributed by atoms with Gasteiger partial charge in [-0.1, -0.05) is 19.3 Å². The zero-order valence-corrected chi connectivity index (χ0v) is 11.6. The van der Waals surface area contributed by atoms with E-state index in [9.17, 15) is 10.2 Å². The fourth-order valence-electron chi connectivity index (χ4n) is 3.26. The molecule has 1 saturated carbocycles. The van der Waals surface area contributed by atoms with E-state index in [1.165, 1.54) is 32.1 Å². The van der Waals surface area contributed by atoms with Gasteiger partial charge in [-0.15, -0.1) is 0 Å². The third-order valence-electron chi connectivity index (χ3n) is 4.54. The van der Waals surface area contributed by atoms with E-state index in [2.05, 4.69) is 13.8 Å². The summed E-state index contributed by atoms with van der Waals surface area (Å²) < 4.78 is 5.85. The first kappa shape index (κ1) is 14.3. The topological polar surface area (TPSA) is 52.9 Å². The molecule has 4 nitrogen and oxygen atoms in total. The summed E-state index contributed by atoms with van der Waals surface area (Å²) in [5.41, 5.74) is -0.317. The predicted octanol–water partition coefficient (Wildman–Crippen LogP) is 2.05. The van der Waals surface area contributed by atoms with Gasteiger partial charge in [0.15, 0.2) is 0 Å². The molecule has 1 saturated heterocycles. The van der Waals surface area contributed by atoms with Gasteiger partial charge in [0.1, 0.15) is 6.23 Å². The Bertz CT molecular complexity index is 264. The number of ether oxygens (including phenoxy) is 1. The van der Waals surface area contributed by atoms with Crippen LogP contribution in [0.2, 0.25) is 0 Å². The van der Waals surface area contributed by atoms with Crippen molar-refractivity contribution < 1.29 is 14.9 Å². The third-order valence-corrected chi connectivity index (χ3v) is 4.54. The fraction of sp³-hybridized carbons (Fsp3) is 1.00. The molecule has 106 valence electrons. The van der Waals surface area contributed by atoms with Crippen LogP contribution in [0, 0.1) is 5.92 Å². The molecular formula is C14H27NO3. The summed E-state index contributed by atoms with van der Waals surface area (Å²) in [4.78, 5) is 1.64. The van der Waals surface area contributed by atoms with Gasteiger partial charge in [-0.05, 0) is 45.4 Å². The average molecular weight is 257 g/mol. The monoisotopic (exact) mass is 257 g/mol. The van der Waals surface area contributed by atoms with Crippen molar-refractivity contribution in [1.29, 1.82) is 0 Å². The molecule has 1 aliphatic heterocycles. The number of rotatable bonds is 4. The first-order valence-electron chi connectivity index (χ1n) is 7.30. The average Bonchev–Trinajstić information content (AvgIpc) is 2.76. The van der Waals surface area contributed by atoms with Crippen LogP contribution in [0.15, 0.2) is 0 Å². The lowest BCUT2D eigenvalue weighted by Gasteiger charge is -2.40. The van der Waals surface area contributed by atoms with Crippen molar-refractivity contribution in [3.8, 4) is 0 Å². The van der Waals surface area contributed by atoms with E-state index < -0.39 is 12.6 Å². The highest BCUT2D eigenvalue weighted by Gasteiger charge is 2.37. The quantitative estimate of drug-likeness (QED) is 0.757. The summed E-state index contributed by atoms with van der Waals surface area (Å²) in [5, 5.41) is 19.9. The largest absolute Gasteiger partial charge is 0.378 e. The minimum atomic E-state index is -0.973. The zero-order valence-electron chi connectivity index (χ0n) is 11.6. The van der Waals surface area contributed by atoms with Crippen LogP contribution >= 0.6 is 0 Å². The lowest BCUT2D eigenvalue weighted by Crippen LogP contribution is -2.47. The predicted molar refractivity (Wildman–Crippen MR) is 69.7 cm³/mol. The Labute approximate surface area is 110 Å². The van der Waals surface area contributed by atoms with Crippen LogP contribution in [0.25, 0.3) is 0 Å². The minimum absolute atomic E-state index is 0.317. The van der Waals surface area contributed by atoms with Crippen molar-refractivity contribution >= 4 is 0 Å². The summed E-state index contributed by atoms with van der Waals surface area (Å²) in [6.45, 7) is 4.84. The number of aliphatic hydroxyl groups is 2. The van der Waals surface area contributed by atoms with E-state index in [-0.39, 0.29) is 5.60 Å². The molecule has 1 aliphatic carbocycles. The molecule has 1 heterocycles. The normalized spacial score (nSPS) is 29.7. The van der Waals surface area contributed by atoms with E-state index in [0.29, 0.717) is 12.5 Å². The molecule has 2 fully saturated rings. The Kier molecular flexibility index (Phi) is 4.64. The number of hydrogen-bond acceptors (Lipinski definition) is 4. The Balaban J connectivity index is 1.89. The molecule has 2 aliphatic rings. The minimum Gasteiger partial charge on any atom is -0.378 e. The van der Waals surface area contributed by atoms with Gasteiger partial charge in [0, 0.05) is 6.54 Å². The molecule has 2 unspecified atom stereocenters. The fourth-order valence-corrected chi connectivity index (χ4v) is 3.26. The van der Waals surface area contributed by atoms with E-state index in [0.717, 1.165) is 12.8 Å². The smallest absolute Gasteiger partial charge is 0.218 e. The Morgan fingerprint density at radius 3 is 2.33 bits per heavy atom. The first-order valence-corrected chi connectivity index (χ1v) is 7.30. The number of likely N-dealkylation sites (tertiary alicyclic amines) is 1. The summed E-state index contributed by atoms with van der Waals surface area (Å²) in [7, 11) is 0. The second-order valence-electron chi connectivity index (χ2n) is 6.24. The highest BCUT2D eigenvalue weighted by Crippen LogP contribution is 2.36. The molecule has 18 heavy (non-hydrogen) atoms. The van der Waals surface area contributed by atoms with Crippen molar-refractivity contribution in [1.82, 2.24) is 4.90 Å². The summed E-state index contributed by atoms with van der Waals surface area (Å²) in [6.07, 6.45) is 6.33. The number of nitrogens with zero attached hydrogens (tertiary/aromatic N) is 1. The Morgan fingerprint density at radius 2 is 1.78 bits per heavy atom. The number of hydrogen-bond donors (Lipinski definition) is 2. The van der Waals surface area contributed by atoms with Gasteiger partial charge >= 0.3 is 0 Å². The highest BCUT2D eigenvalue weighted by molar-refractivity contribution is 4.83. The molecule has 0 aromatic rings. The maximum absolute atomic E-state index is 10.1. The Morgan fingerprint density at radius 1 is 1.11 bits per heavy atom. The maximum Gasteiger partial charge on any atom is 0.218 e. The van der Waals surface area contributed by atoms with Gasteiger partial charge in [-0.3, -0.25) is 0 Å². The molecule has 2 atom stereocenters. The van der Waals surface area contributed by atoms with Gasteiger partial charge in [-0.25, -0.2) is 4.90 Å². The van der Waals surface area contributed by atoms with Crippen LogP contribution in [0.3, 0.4) is 0 Å². The van der Waals surface area contributed by atoms with Gasteiger partial charge in [-0.2, -0.15) is 0 Å². The third kappa shape index (κ3) is 3.23. The summed E-state index contributed by atoms with van der Waals surface area (Å²) in [5.74, 6) is 0.514. The van der Waals surface area contributed by atoms with Crippen LogP contribution in [0.5, 0.6) is 0 Å². The second-order valence-corrected chi connectivity index (χ2v) is 6.24. The highest BCUT2D eigenvalue weighted by atomic mass is 16.6. The maximum atomic E-state index is 10.1. The lowest BCUT2D eigenvalue weighted by atomic mass is 9.79. The molecule has 2 N–H and O–H groups in total. The van der Waals surface area contributed by atoms with Crippen molar-refractivity contribution in [2.75, 3.05) is 6.54 Å². The van der Waals surface area contributed by atoms with Gasteiger partial charge in [0.25, 0.3) is 0 Å². The molecule has 0 amide bonds. The molecule has 0 bridgehead atoms. The zero-order chi connectivity index (χ0) is 13.2. The molecule has 4 heteroatoms. The van der Waals surface area contributed by atoms with Crippen LogP contribution in [-0.2, 0) is 4.74 Å². The summed E-state index contributed by atoms with van der Waals surface area (Å²) >= 11 is 0. The Hall–Kier alpha value is -0.160. The van der Waals surface area contributed by atoms with Crippen molar-refractivity contribution in [2.24, 2.45) is 5.92 Å². The lowest BCUT2D eigenvalue weighted by molar-refractivity contribution is -0.275. The van der Waals surface area contributed by atoms with Gasteiger partial charge in [0.05, 0.1) is 5.60 Å². The van der Waals surface area contributed by atoms with E-state index in [1.807, 2.05) is 0 Å². The van der Waals surface area contributed by atoms with Crippen molar-refractivity contribution in [3.05, 3.63) is 0 Å². The molecule has 0 aromatic heterocycles. The van der Waals surface area contributed by atoms with E-state index in [4.69, 9.17) is 4.74 Å². The first-order chi connectivity index (χ1) is 8.50. The van der Waals surface area contributed by atoms with Crippen molar-refractivity contribution in [2.45, 2.75) is 77.0 Å². The molecule has 0 spiro atoms. The molecule has 0 aromatic carbocycles. The molecule has 0 radical (unpaired) electrons. The molecule has 2 rings (SSSR count). The van der Waals surface area contributed by atoms with E-state index >= 15 is 0 Å². The van der Waals surface area contributed by atoms with Gasteiger partial charge in [0.2, 0.25) is 6.41 Å².